The Kier molecular flexibility index (Phi) is 4.68. The third kappa shape index (κ3) is 3.13. The van der Waals surface area contributed by atoms with Gasteiger partial charge in [0.05, 0.1) is 9.48 Å². The SMILES string of the molecule is CCn1cc(CN(C)S(=O)(=O)c2ccc(Br)s2)c(C)n1. The van der Waals surface area contributed by atoms with E-state index in [0.29, 0.717) is 10.8 Å². The summed E-state index contributed by atoms with van der Waals surface area (Å²) in [5.41, 5.74) is 1.79. The first-order valence-corrected chi connectivity index (χ1v) is 9.14. The van der Waals surface area contributed by atoms with Gasteiger partial charge < -0.3 is 0 Å². The van der Waals surface area contributed by atoms with E-state index in [1.165, 1.54) is 15.6 Å². The number of nitrogens with zero attached hydrogens (tertiary/aromatic N) is 3. The Balaban J connectivity index is 2.23. The minimum absolute atomic E-state index is 0.323. The van der Waals surface area contributed by atoms with Crippen molar-refractivity contribution in [1.29, 1.82) is 0 Å². The van der Waals surface area contributed by atoms with Gasteiger partial charge in [0.25, 0.3) is 10.0 Å². The summed E-state index contributed by atoms with van der Waals surface area (Å²) in [5.74, 6) is 0. The molecule has 5 nitrogen and oxygen atoms in total. The quantitative estimate of drug-likeness (QED) is 0.804. The van der Waals surface area contributed by atoms with Crippen molar-refractivity contribution in [1.82, 2.24) is 14.1 Å². The van der Waals surface area contributed by atoms with Gasteiger partial charge in [-0.05, 0) is 41.9 Å². The minimum atomic E-state index is -3.45. The number of thiophene rings is 1. The van der Waals surface area contributed by atoms with E-state index in [1.54, 1.807) is 19.2 Å². The highest BCUT2D eigenvalue weighted by Gasteiger charge is 2.23. The van der Waals surface area contributed by atoms with Gasteiger partial charge in [-0.3, -0.25) is 4.68 Å². The van der Waals surface area contributed by atoms with E-state index >= 15 is 0 Å². The third-order valence-electron chi connectivity index (χ3n) is 2.98. The van der Waals surface area contributed by atoms with Gasteiger partial charge in [-0.15, -0.1) is 11.3 Å². The van der Waals surface area contributed by atoms with Crippen molar-refractivity contribution in [2.75, 3.05) is 7.05 Å². The Morgan fingerprint density at radius 3 is 2.65 bits per heavy atom. The summed E-state index contributed by atoms with van der Waals surface area (Å²) in [5, 5.41) is 4.33. The Morgan fingerprint density at radius 1 is 1.45 bits per heavy atom. The highest BCUT2D eigenvalue weighted by atomic mass is 79.9. The molecule has 0 fully saturated rings. The maximum atomic E-state index is 12.4. The molecule has 0 saturated heterocycles. The van der Waals surface area contributed by atoms with Crippen LogP contribution in [0.15, 0.2) is 26.3 Å². The fourth-order valence-electron chi connectivity index (χ4n) is 1.79. The molecular weight excluding hydrogens is 362 g/mol. The summed E-state index contributed by atoms with van der Waals surface area (Å²) < 4.78 is 29.2. The molecule has 0 N–H and O–H groups in total. The molecule has 0 unspecified atom stereocenters. The van der Waals surface area contributed by atoms with Crippen LogP contribution in [-0.2, 0) is 23.1 Å². The molecule has 0 radical (unpaired) electrons. The molecule has 2 heterocycles. The lowest BCUT2D eigenvalue weighted by Gasteiger charge is -2.15. The fraction of sp³-hybridized carbons (Fsp3) is 0.417. The molecule has 8 heteroatoms. The molecule has 0 aromatic carbocycles. The minimum Gasteiger partial charge on any atom is -0.272 e. The van der Waals surface area contributed by atoms with E-state index in [9.17, 15) is 8.42 Å². The molecule has 2 aromatic heterocycles. The standard InChI is InChI=1S/C12H16BrN3O2S2/c1-4-16-8-10(9(2)14-16)7-15(3)20(17,18)12-6-5-11(13)19-12/h5-6,8H,4,7H2,1-3H3. The summed E-state index contributed by atoms with van der Waals surface area (Å²) in [6, 6.07) is 3.36. The van der Waals surface area contributed by atoms with Crippen LogP contribution in [0.4, 0.5) is 0 Å². The number of hydrogen-bond acceptors (Lipinski definition) is 4. The molecule has 0 aliphatic heterocycles. The van der Waals surface area contributed by atoms with Gasteiger partial charge in [0, 0.05) is 31.9 Å². The van der Waals surface area contributed by atoms with E-state index in [2.05, 4.69) is 21.0 Å². The fourth-order valence-corrected chi connectivity index (χ4v) is 5.16. The lowest BCUT2D eigenvalue weighted by atomic mass is 10.3. The average Bonchev–Trinajstić information content (AvgIpc) is 2.96. The van der Waals surface area contributed by atoms with Crippen LogP contribution in [0.2, 0.25) is 0 Å². The zero-order valence-corrected chi connectivity index (χ0v) is 14.7. The molecule has 0 aliphatic rings. The smallest absolute Gasteiger partial charge is 0.252 e. The van der Waals surface area contributed by atoms with Crippen molar-refractivity contribution < 1.29 is 8.42 Å². The first kappa shape index (κ1) is 15.7. The number of halogens is 1. The van der Waals surface area contributed by atoms with Crippen LogP contribution in [0.5, 0.6) is 0 Å². The van der Waals surface area contributed by atoms with Crippen LogP contribution in [0.1, 0.15) is 18.2 Å². The van der Waals surface area contributed by atoms with Crippen molar-refractivity contribution in [2.45, 2.75) is 31.1 Å². The molecular formula is C12H16BrN3O2S2. The van der Waals surface area contributed by atoms with Gasteiger partial charge >= 0.3 is 0 Å². The first-order valence-electron chi connectivity index (χ1n) is 6.09. The van der Waals surface area contributed by atoms with Crippen molar-refractivity contribution in [3.8, 4) is 0 Å². The van der Waals surface area contributed by atoms with E-state index in [1.807, 2.05) is 24.7 Å². The zero-order valence-electron chi connectivity index (χ0n) is 11.5. The van der Waals surface area contributed by atoms with Crippen LogP contribution < -0.4 is 0 Å². The second-order valence-corrected chi connectivity index (χ2v) is 9.15. The lowest BCUT2D eigenvalue weighted by molar-refractivity contribution is 0.467. The molecule has 0 spiro atoms. The van der Waals surface area contributed by atoms with Gasteiger partial charge in [-0.1, -0.05) is 0 Å². The molecule has 0 amide bonds. The molecule has 0 bridgehead atoms. The Hall–Kier alpha value is -0.700. The highest BCUT2D eigenvalue weighted by Crippen LogP contribution is 2.28. The number of rotatable bonds is 5. The van der Waals surface area contributed by atoms with Crippen LogP contribution >= 0.6 is 27.3 Å². The largest absolute Gasteiger partial charge is 0.272 e. The second kappa shape index (κ2) is 5.97. The lowest BCUT2D eigenvalue weighted by Crippen LogP contribution is -2.25. The van der Waals surface area contributed by atoms with E-state index in [0.717, 1.165) is 21.6 Å². The molecule has 2 rings (SSSR count). The predicted octanol–water partition coefficient (Wildman–Crippen LogP) is 2.86. The summed E-state index contributed by atoms with van der Waals surface area (Å²) in [7, 11) is -1.86. The van der Waals surface area contributed by atoms with Gasteiger partial charge in [0.1, 0.15) is 4.21 Å². The van der Waals surface area contributed by atoms with Crippen LogP contribution in [-0.4, -0.2) is 29.6 Å². The van der Waals surface area contributed by atoms with Gasteiger partial charge in [0.15, 0.2) is 0 Å². The monoisotopic (exact) mass is 377 g/mol. The molecule has 2 aromatic rings. The van der Waals surface area contributed by atoms with Gasteiger partial charge in [-0.2, -0.15) is 9.40 Å². The Labute approximate surface area is 131 Å². The molecule has 0 atom stereocenters. The van der Waals surface area contributed by atoms with Gasteiger partial charge in [0.2, 0.25) is 0 Å². The molecule has 0 saturated carbocycles. The van der Waals surface area contributed by atoms with Crippen molar-refractivity contribution in [3.05, 3.63) is 33.4 Å². The predicted molar refractivity (Wildman–Crippen MR) is 83.3 cm³/mol. The molecule has 0 aliphatic carbocycles. The van der Waals surface area contributed by atoms with Crippen molar-refractivity contribution >= 4 is 37.3 Å². The summed E-state index contributed by atoms with van der Waals surface area (Å²) in [6.45, 7) is 4.99. The summed E-state index contributed by atoms with van der Waals surface area (Å²) in [4.78, 5) is 0. The Bertz CT molecular complexity index is 706. The number of hydrogen-bond donors (Lipinski definition) is 0. The number of aromatic nitrogens is 2. The van der Waals surface area contributed by atoms with Crippen molar-refractivity contribution in [2.24, 2.45) is 0 Å². The van der Waals surface area contributed by atoms with E-state index in [-0.39, 0.29) is 0 Å². The maximum absolute atomic E-state index is 12.4. The normalized spacial score (nSPS) is 12.2. The third-order valence-corrected chi connectivity index (χ3v) is 6.87. The Morgan fingerprint density at radius 2 is 2.15 bits per heavy atom. The van der Waals surface area contributed by atoms with E-state index in [4.69, 9.17) is 0 Å². The topological polar surface area (TPSA) is 55.2 Å². The zero-order chi connectivity index (χ0) is 14.9. The highest BCUT2D eigenvalue weighted by molar-refractivity contribution is 9.11. The molecule has 20 heavy (non-hydrogen) atoms. The van der Waals surface area contributed by atoms with Crippen LogP contribution in [0, 0.1) is 6.92 Å². The number of sulfonamides is 1. The van der Waals surface area contributed by atoms with Crippen molar-refractivity contribution in [3.63, 3.8) is 0 Å². The van der Waals surface area contributed by atoms with Gasteiger partial charge in [-0.25, -0.2) is 8.42 Å². The summed E-state index contributed by atoms with van der Waals surface area (Å²) in [6.07, 6.45) is 1.89. The van der Waals surface area contributed by atoms with Crippen LogP contribution in [0.3, 0.4) is 0 Å². The molecule has 110 valence electrons. The number of aryl methyl sites for hydroxylation is 2. The maximum Gasteiger partial charge on any atom is 0.252 e. The first-order chi connectivity index (χ1) is 9.34. The average molecular weight is 378 g/mol. The van der Waals surface area contributed by atoms with E-state index < -0.39 is 10.0 Å². The van der Waals surface area contributed by atoms with Crippen LogP contribution in [0.25, 0.3) is 0 Å². The summed E-state index contributed by atoms with van der Waals surface area (Å²) >= 11 is 4.50. The second-order valence-electron chi connectivity index (χ2n) is 4.42.